The number of carbonyl (C=O) groups excluding carboxylic acids is 1. The Hall–Kier alpha value is -2.50. The normalized spacial score (nSPS) is 16.4. The van der Waals surface area contributed by atoms with Crippen molar-refractivity contribution in [1.82, 2.24) is 14.7 Å². The van der Waals surface area contributed by atoms with Crippen LogP contribution in [0.3, 0.4) is 0 Å². The predicted octanol–water partition coefficient (Wildman–Crippen LogP) is 3.89. The van der Waals surface area contributed by atoms with Crippen molar-refractivity contribution in [3.05, 3.63) is 41.2 Å². The SMILES string of the molecule is COc1ccccc1NC(=O)N(Cc1nn(C)c2c1CCC2)C1CCCC1. The van der Waals surface area contributed by atoms with E-state index in [1.54, 1.807) is 7.11 Å². The average molecular weight is 368 g/mol. The minimum Gasteiger partial charge on any atom is -0.495 e. The van der Waals surface area contributed by atoms with Gasteiger partial charge in [0.05, 0.1) is 25.0 Å². The van der Waals surface area contributed by atoms with E-state index in [4.69, 9.17) is 9.84 Å². The molecule has 0 saturated heterocycles. The molecule has 6 heteroatoms. The highest BCUT2D eigenvalue weighted by Crippen LogP contribution is 2.30. The molecule has 1 aromatic heterocycles. The van der Waals surface area contributed by atoms with Crippen molar-refractivity contribution < 1.29 is 9.53 Å². The van der Waals surface area contributed by atoms with Crippen LogP contribution in [0.15, 0.2) is 24.3 Å². The van der Waals surface area contributed by atoms with Crippen LogP contribution in [0.25, 0.3) is 0 Å². The highest BCUT2D eigenvalue weighted by Gasteiger charge is 2.30. The van der Waals surface area contributed by atoms with Gasteiger partial charge in [-0.05, 0) is 49.8 Å². The number of aromatic nitrogens is 2. The zero-order chi connectivity index (χ0) is 18.8. The van der Waals surface area contributed by atoms with Crippen molar-refractivity contribution in [2.45, 2.75) is 57.5 Å². The maximum Gasteiger partial charge on any atom is 0.322 e. The summed E-state index contributed by atoms with van der Waals surface area (Å²) < 4.78 is 7.39. The first-order chi connectivity index (χ1) is 13.2. The lowest BCUT2D eigenvalue weighted by Crippen LogP contribution is -2.41. The second-order valence-corrected chi connectivity index (χ2v) is 7.55. The third-order valence-electron chi connectivity index (χ3n) is 5.89. The number of hydrogen-bond donors (Lipinski definition) is 1. The van der Waals surface area contributed by atoms with Crippen LogP contribution in [0.5, 0.6) is 5.75 Å². The van der Waals surface area contributed by atoms with E-state index in [9.17, 15) is 4.79 Å². The molecule has 0 aliphatic heterocycles. The number of nitrogens with zero attached hydrogens (tertiary/aromatic N) is 3. The quantitative estimate of drug-likeness (QED) is 0.871. The third kappa shape index (κ3) is 3.53. The molecular weight excluding hydrogens is 340 g/mol. The number of carbonyl (C=O) groups is 1. The molecule has 2 aromatic rings. The topological polar surface area (TPSA) is 59.4 Å². The minimum absolute atomic E-state index is 0.0659. The molecule has 1 heterocycles. The Morgan fingerprint density at radius 2 is 2.04 bits per heavy atom. The van der Waals surface area contributed by atoms with Crippen molar-refractivity contribution in [2.24, 2.45) is 7.05 Å². The Morgan fingerprint density at radius 3 is 2.81 bits per heavy atom. The number of fused-ring (bicyclic) bond motifs is 1. The van der Waals surface area contributed by atoms with Gasteiger partial charge < -0.3 is 15.0 Å². The lowest BCUT2D eigenvalue weighted by atomic mass is 10.1. The van der Waals surface area contributed by atoms with Crippen LogP contribution >= 0.6 is 0 Å². The standard InChI is InChI=1S/C21H28N4O2/c1-24-19-12-7-10-16(19)18(23-24)14-25(15-8-3-4-9-15)21(26)22-17-11-5-6-13-20(17)27-2/h5-6,11,13,15H,3-4,7-10,12,14H2,1-2H3,(H,22,26). The van der Waals surface area contributed by atoms with Gasteiger partial charge in [0.25, 0.3) is 0 Å². The Labute approximate surface area is 160 Å². The third-order valence-corrected chi connectivity index (χ3v) is 5.89. The molecule has 2 aliphatic rings. The molecule has 144 valence electrons. The molecule has 0 radical (unpaired) electrons. The zero-order valence-corrected chi connectivity index (χ0v) is 16.2. The predicted molar refractivity (Wildman–Crippen MR) is 105 cm³/mol. The van der Waals surface area contributed by atoms with Crippen LogP contribution in [-0.4, -0.2) is 33.9 Å². The fraction of sp³-hybridized carbons (Fsp3) is 0.524. The van der Waals surface area contributed by atoms with Gasteiger partial charge >= 0.3 is 6.03 Å². The number of amides is 2. The maximum absolute atomic E-state index is 13.2. The molecule has 0 atom stereocenters. The summed E-state index contributed by atoms with van der Waals surface area (Å²) in [4.78, 5) is 15.2. The lowest BCUT2D eigenvalue weighted by molar-refractivity contribution is 0.183. The summed E-state index contributed by atoms with van der Waals surface area (Å²) in [5.41, 5.74) is 4.46. The average Bonchev–Trinajstić information content (AvgIpc) is 3.41. The molecule has 1 N–H and O–H groups in total. The number of rotatable bonds is 5. The Bertz CT molecular complexity index is 824. The molecule has 6 nitrogen and oxygen atoms in total. The second-order valence-electron chi connectivity index (χ2n) is 7.55. The largest absolute Gasteiger partial charge is 0.495 e. The van der Waals surface area contributed by atoms with Crippen LogP contribution in [0.1, 0.15) is 49.1 Å². The van der Waals surface area contributed by atoms with E-state index >= 15 is 0 Å². The Kier molecular flexibility index (Phi) is 5.05. The molecule has 2 aliphatic carbocycles. The van der Waals surface area contributed by atoms with Crippen molar-refractivity contribution in [2.75, 3.05) is 12.4 Å². The number of anilines is 1. The van der Waals surface area contributed by atoms with Gasteiger partial charge in [0, 0.05) is 18.8 Å². The summed E-state index contributed by atoms with van der Waals surface area (Å²) in [6, 6.07) is 7.76. The molecule has 4 rings (SSSR count). The van der Waals surface area contributed by atoms with E-state index in [0.717, 1.165) is 31.4 Å². The lowest BCUT2D eigenvalue weighted by Gasteiger charge is -2.29. The number of benzene rings is 1. The van der Waals surface area contributed by atoms with Gasteiger partial charge in [-0.25, -0.2) is 4.79 Å². The summed E-state index contributed by atoms with van der Waals surface area (Å²) in [6.45, 7) is 0.578. The van der Waals surface area contributed by atoms with Crippen molar-refractivity contribution >= 4 is 11.7 Å². The Balaban J connectivity index is 1.58. The molecule has 2 amide bonds. The van der Waals surface area contributed by atoms with Crippen molar-refractivity contribution in [3.8, 4) is 5.75 Å². The first-order valence-electron chi connectivity index (χ1n) is 9.91. The fourth-order valence-corrected chi connectivity index (χ4v) is 4.50. The van der Waals surface area contributed by atoms with Crippen LogP contribution < -0.4 is 10.1 Å². The van der Waals surface area contributed by atoms with Crippen LogP contribution in [0.4, 0.5) is 10.5 Å². The van der Waals surface area contributed by atoms with E-state index in [1.807, 2.05) is 40.9 Å². The smallest absolute Gasteiger partial charge is 0.322 e. The van der Waals surface area contributed by atoms with E-state index in [1.165, 1.54) is 30.5 Å². The molecule has 1 aromatic carbocycles. The van der Waals surface area contributed by atoms with E-state index in [-0.39, 0.29) is 12.1 Å². The van der Waals surface area contributed by atoms with Gasteiger partial charge in [-0.2, -0.15) is 5.10 Å². The van der Waals surface area contributed by atoms with Crippen LogP contribution in [-0.2, 0) is 26.4 Å². The molecule has 0 bridgehead atoms. The highest BCUT2D eigenvalue weighted by molar-refractivity contribution is 5.91. The maximum atomic E-state index is 13.2. The van der Waals surface area contributed by atoms with Crippen molar-refractivity contribution in [3.63, 3.8) is 0 Å². The van der Waals surface area contributed by atoms with E-state index in [0.29, 0.717) is 18.0 Å². The number of urea groups is 1. The number of nitrogens with one attached hydrogen (secondary N) is 1. The first kappa shape index (κ1) is 17.9. The monoisotopic (exact) mass is 368 g/mol. The number of para-hydroxylation sites is 2. The molecule has 1 fully saturated rings. The summed E-state index contributed by atoms with van der Waals surface area (Å²) in [6.07, 6.45) is 7.85. The van der Waals surface area contributed by atoms with Crippen LogP contribution in [0.2, 0.25) is 0 Å². The van der Waals surface area contributed by atoms with Gasteiger partial charge in [0.2, 0.25) is 0 Å². The first-order valence-corrected chi connectivity index (χ1v) is 9.91. The number of methoxy groups -OCH3 is 1. The fourth-order valence-electron chi connectivity index (χ4n) is 4.50. The summed E-state index contributed by atoms with van der Waals surface area (Å²) >= 11 is 0. The van der Waals surface area contributed by atoms with Gasteiger partial charge in [0.15, 0.2) is 0 Å². The molecule has 27 heavy (non-hydrogen) atoms. The summed E-state index contributed by atoms with van der Waals surface area (Å²) in [7, 11) is 3.64. The Morgan fingerprint density at radius 1 is 1.26 bits per heavy atom. The summed E-state index contributed by atoms with van der Waals surface area (Å²) in [5.74, 6) is 0.677. The van der Waals surface area contributed by atoms with Crippen molar-refractivity contribution in [1.29, 1.82) is 0 Å². The van der Waals surface area contributed by atoms with E-state index in [2.05, 4.69) is 5.32 Å². The van der Waals surface area contributed by atoms with Gasteiger partial charge in [0.1, 0.15) is 5.75 Å². The highest BCUT2D eigenvalue weighted by atomic mass is 16.5. The van der Waals surface area contributed by atoms with Gasteiger partial charge in [-0.1, -0.05) is 25.0 Å². The van der Waals surface area contributed by atoms with Crippen LogP contribution in [0, 0.1) is 0 Å². The molecule has 1 saturated carbocycles. The molecule has 0 spiro atoms. The molecule has 0 unspecified atom stereocenters. The number of aryl methyl sites for hydroxylation is 1. The summed E-state index contributed by atoms with van der Waals surface area (Å²) in [5, 5.41) is 7.80. The number of ether oxygens (including phenoxy) is 1. The van der Waals surface area contributed by atoms with E-state index < -0.39 is 0 Å². The minimum atomic E-state index is -0.0659. The van der Waals surface area contributed by atoms with Gasteiger partial charge in [-0.3, -0.25) is 4.68 Å². The second kappa shape index (κ2) is 7.62. The number of hydrogen-bond acceptors (Lipinski definition) is 3. The zero-order valence-electron chi connectivity index (χ0n) is 16.2. The van der Waals surface area contributed by atoms with Gasteiger partial charge in [-0.15, -0.1) is 0 Å². The molecular formula is C21H28N4O2.